The predicted octanol–water partition coefficient (Wildman–Crippen LogP) is 4.68. The highest BCUT2D eigenvalue weighted by atomic mass is 35.5. The minimum absolute atomic E-state index is 0.0610. The third-order valence-corrected chi connectivity index (χ3v) is 8.50. The molecule has 1 unspecified atom stereocenters. The number of carbonyl (C=O) groups excluding carboxylic acids is 2. The Bertz CT molecular complexity index is 1750. The number of amides is 2. The summed E-state index contributed by atoms with van der Waals surface area (Å²) < 4.78 is 31.2. The summed E-state index contributed by atoms with van der Waals surface area (Å²) in [6, 6.07) is 9.06. The van der Waals surface area contributed by atoms with Crippen molar-refractivity contribution < 1.29 is 27.1 Å². The summed E-state index contributed by atoms with van der Waals surface area (Å²) in [7, 11) is -4.48. The Morgan fingerprint density at radius 3 is 2.53 bits per heavy atom. The van der Waals surface area contributed by atoms with E-state index in [1.165, 1.54) is 18.3 Å². The maximum Gasteiger partial charge on any atom is 0.340 e. The molecule has 5 rings (SSSR count). The van der Waals surface area contributed by atoms with Crippen molar-refractivity contribution >= 4 is 68.2 Å². The van der Waals surface area contributed by atoms with Gasteiger partial charge in [-0.15, -0.1) is 5.10 Å². The Morgan fingerprint density at radius 1 is 1.16 bits per heavy atom. The van der Waals surface area contributed by atoms with Crippen molar-refractivity contribution in [3.05, 3.63) is 86.0 Å². The number of rotatable bonds is 9. The molecule has 0 saturated heterocycles. The van der Waals surface area contributed by atoms with Crippen LogP contribution < -0.4 is 15.6 Å². The van der Waals surface area contributed by atoms with Gasteiger partial charge in [-0.2, -0.15) is 8.42 Å². The number of nitrogens with zero attached hydrogens (tertiary/aromatic N) is 4. The quantitative estimate of drug-likeness (QED) is 0.190. The van der Waals surface area contributed by atoms with Gasteiger partial charge in [-0.05, 0) is 67.6 Å². The maximum atomic E-state index is 13.7. The number of halogens is 2. The van der Waals surface area contributed by atoms with E-state index in [1.807, 2.05) is 0 Å². The number of benzene rings is 2. The Labute approximate surface area is 256 Å². The van der Waals surface area contributed by atoms with E-state index >= 15 is 0 Å². The van der Waals surface area contributed by atoms with Gasteiger partial charge >= 0.3 is 10.1 Å². The van der Waals surface area contributed by atoms with Gasteiger partial charge in [-0.1, -0.05) is 23.2 Å². The lowest BCUT2D eigenvalue weighted by molar-refractivity contribution is -0.384. The number of anilines is 2. The van der Waals surface area contributed by atoms with Gasteiger partial charge in [-0.3, -0.25) is 19.7 Å². The van der Waals surface area contributed by atoms with E-state index in [0.717, 1.165) is 42.1 Å². The molecule has 224 valence electrons. The minimum atomic E-state index is -4.48. The molecule has 3 aromatic rings. The van der Waals surface area contributed by atoms with Gasteiger partial charge in [0.1, 0.15) is 10.9 Å². The van der Waals surface area contributed by atoms with E-state index in [4.69, 9.17) is 27.4 Å². The minimum Gasteiger partial charge on any atom is -0.361 e. The van der Waals surface area contributed by atoms with Gasteiger partial charge in [0.05, 0.1) is 27.6 Å². The maximum absolute atomic E-state index is 13.7. The summed E-state index contributed by atoms with van der Waals surface area (Å²) in [5, 5.41) is 22.4. The van der Waals surface area contributed by atoms with Crippen LogP contribution >= 0.6 is 23.2 Å². The standard InChI is InChI=1S/C27H24Cl2N6O7S/c1-15-11-17(28)12-20(26(36)31-14-16-4-5-16)24(15)32-27(37)22-13-23(33-34(22)25-21(29)3-2-10-30-25)42-43(40,41)19-8-6-18(7-9-19)35(38)39/h2-3,6-12,16,22H,4-5,13-14H2,1H3,(H,31,36)(H,32,37). The molecule has 1 saturated carbocycles. The second-order valence-corrected chi connectivity index (χ2v) is 12.3. The van der Waals surface area contributed by atoms with E-state index in [-0.39, 0.29) is 45.0 Å². The molecule has 2 aromatic carbocycles. The van der Waals surface area contributed by atoms with Crippen molar-refractivity contribution in [1.82, 2.24) is 10.3 Å². The molecule has 0 spiro atoms. The van der Waals surface area contributed by atoms with Crippen LogP contribution in [0.25, 0.3) is 0 Å². The predicted molar refractivity (Wildman–Crippen MR) is 159 cm³/mol. The van der Waals surface area contributed by atoms with Crippen molar-refractivity contribution in [2.75, 3.05) is 16.9 Å². The Balaban J connectivity index is 1.42. The number of aromatic nitrogens is 1. The van der Waals surface area contributed by atoms with Crippen LogP contribution in [0.1, 0.15) is 35.2 Å². The fraction of sp³-hybridized carbons (Fsp3) is 0.259. The second kappa shape index (κ2) is 12.1. The van der Waals surface area contributed by atoms with Gasteiger partial charge in [-0.25, -0.2) is 9.99 Å². The first-order chi connectivity index (χ1) is 20.4. The van der Waals surface area contributed by atoms with Crippen LogP contribution in [0.4, 0.5) is 17.2 Å². The van der Waals surface area contributed by atoms with Crippen LogP contribution in [0, 0.1) is 23.0 Å². The molecule has 43 heavy (non-hydrogen) atoms. The fourth-order valence-corrected chi connectivity index (χ4v) is 5.74. The highest BCUT2D eigenvalue weighted by Gasteiger charge is 2.39. The molecule has 1 atom stereocenters. The highest BCUT2D eigenvalue weighted by molar-refractivity contribution is 7.87. The number of hydrazone groups is 1. The highest BCUT2D eigenvalue weighted by Crippen LogP contribution is 2.33. The SMILES string of the molecule is Cc1cc(Cl)cc(C(=O)NCC2CC2)c1NC(=O)C1CC(OS(=O)(=O)c2ccc([N+](=O)[O-])cc2)=NN1c1ncccc1Cl. The molecular formula is C27H24Cl2N6O7S. The fourth-order valence-electron chi connectivity index (χ4n) is 4.34. The lowest BCUT2D eigenvalue weighted by atomic mass is 10.1. The molecular weight excluding hydrogens is 623 g/mol. The summed E-state index contributed by atoms with van der Waals surface area (Å²) in [6.07, 6.45) is 3.18. The number of carbonyl (C=O) groups is 2. The van der Waals surface area contributed by atoms with E-state index < -0.39 is 32.9 Å². The number of nitro groups is 1. The van der Waals surface area contributed by atoms with Gasteiger partial charge in [0.25, 0.3) is 11.6 Å². The molecule has 1 fully saturated rings. The van der Waals surface area contributed by atoms with E-state index in [2.05, 4.69) is 20.7 Å². The lowest BCUT2D eigenvalue weighted by Crippen LogP contribution is -2.40. The Hall–Kier alpha value is -4.27. The van der Waals surface area contributed by atoms with Crippen molar-refractivity contribution in [2.45, 2.75) is 37.1 Å². The molecule has 2 amide bonds. The zero-order valence-corrected chi connectivity index (χ0v) is 24.8. The first-order valence-electron chi connectivity index (χ1n) is 13.0. The summed E-state index contributed by atoms with van der Waals surface area (Å²) in [5.41, 5.74) is 0.610. The number of pyridine rings is 1. The van der Waals surface area contributed by atoms with Crippen LogP contribution in [0.5, 0.6) is 0 Å². The molecule has 1 aliphatic heterocycles. The Morgan fingerprint density at radius 2 is 1.88 bits per heavy atom. The zero-order valence-electron chi connectivity index (χ0n) is 22.5. The first kappa shape index (κ1) is 30.2. The molecule has 16 heteroatoms. The van der Waals surface area contributed by atoms with Crippen LogP contribution in [-0.2, 0) is 19.1 Å². The average molecular weight is 647 g/mol. The van der Waals surface area contributed by atoms with Crippen LogP contribution in [-0.4, -0.2) is 48.6 Å². The summed E-state index contributed by atoms with van der Waals surface area (Å²) >= 11 is 12.6. The number of nitrogens with one attached hydrogen (secondary N) is 2. The van der Waals surface area contributed by atoms with Gasteiger partial charge in [0, 0.05) is 29.9 Å². The second-order valence-electron chi connectivity index (χ2n) is 9.94. The number of nitro benzene ring substituents is 1. The lowest BCUT2D eigenvalue weighted by Gasteiger charge is -2.23. The molecule has 0 radical (unpaired) electrons. The van der Waals surface area contributed by atoms with Gasteiger partial charge in [0.2, 0.25) is 11.8 Å². The number of aryl methyl sites for hydroxylation is 1. The monoisotopic (exact) mass is 646 g/mol. The molecule has 0 bridgehead atoms. The van der Waals surface area contributed by atoms with E-state index in [9.17, 15) is 28.1 Å². The zero-order chi connectivity index (χ0) is 30.9. The average Bonchev–Trinajstić information content (AvgIpc) is 3.71. The number of hydrogen-bond donors (Lipinski definition) is 2. The van der Waals surface area contributed by atoms with Crippen molar-refractivity contribution in [3.8, 4) is 0 Å². The van der Waals surface area contributed by atoms with Gasteiger partial charge in [0.15, 0.2) is 5.82 Å². The third-order valence-electron chi connectivity index (χ3n) is 6.72. The van der Waals surface area contributed by atoms with Crippen LogP contribution in [0.3, 0.4) is 0 Å². The summed E-state index contributed by atoms with van der Waals surface area (Å²) in [4.78, 5) is 40.9. The molecule has 1 aliphatic carbocycles. The molecule has 2 aliphatic rings. The molecule has 1 aromatic heterocycles. The van der Waals surface area contributed by atoms with Gasteiger partial charge < -0.3 is 14.8 Å². The van der Waals surface area contributed by atoms with Crippen molar-refractivity contribution in [2.24, 2.45) is 11.0 Å². The van der Waals surface area contributed by atoms with Crippen molar-refractivity contribution in [1.29, 1.82) is 0 Å². The summed E-state index contributed by atoms with van der Waals surface area (Å²) in [5.74, 6) is -0.923. The summed E-state index contributed by atoms with van der Waals surface area (Å²) in [6.45, 7) is 2.19. The molecule has 2 heterocycles. The van der Waals surface area contributed by atoms with Crippen molar-refractivity contribution in [3.63, 3.8) is 0 Å². The number of hydrogen-bond acceptors (Lipinski definition) is 10. The van der Waals surface area contributed by atoms with E-state index in [1.54, 1.807) is 19.1 Å². The third kappa shape index (κ3) is 6.87. The molecule has 13 nitrogen and oxygen atoms in total. The topological polar surface area (TPSA) is 173 Å². The largest absolute Gasteiger partial charge is 0.361 e. The Kier molecular flexibility index (Phi) is 8.53. The molecule has 2 N–H and O–H groups in total. The normalized spacial score (nSPS) is 16.4. The first-order valence-corrected chi connectivity index (χ1v) is 15.1. The van der Waals surface area contributed by atoms with Crippen LogP contribution in [0.2, 0.25) is 10.0 Å². The van der Waals surface area contributed by atoms with E-state index in [0.29, 0.717) is 23.0 Å². The number of non-ortho nitro benzene ring substituents is 1. The van der Waals surface area contributed by atoms with Crippen LogP contribution in [0.15, 0.2) is 64.7 Å². The smallest absolute Gasteiger partial charge is 0.340 e.